The quantitative estimate of drug-likeness (QED) is 0.134. The molecular formula is C38H38ClF3N2O5S. The highest BCUT2D eigenvalue weighted by molar-refractivity contribution is 7.85. The number of carbonyl (C=O) groups is 2. The van der Waals surface area contributed by atoms with Crippen LogP contribution < -0.4 is 10.6 Å². The standard InChI is InChI=1S/C38H38ClF3N2O5S/c1-24-21-29(39)13-15-31(24)32-16-14-30(23-34(32)38(40,41)42)44-36(46)33(27-9-5-25(6-10-27)17-18-37(2,3)4)22-26-7-11-28(12-8-26)35(45)43-19-20-50(47,48)49/h5-18,21,23,33H,19-20,22H2,1-4H3,(H,43,45)(H,44,46)(H,47,48,49)/b18-17+. The molecule has 12 heteroatoms. The molecule has 0 aliphatic carbocycles. The van der Waals surface area contributed by atoms with E-state index in [1.807, 2.05) is 18.2 Å². The molecular weight excluding hydrogens is 689 g/mol. The van der Waals surface area contributed by atoms with Gasteiger partial charge in [0.25, 0.3) is 16.0 Å². The lowest BCUT2D eigenvalue weighted by atomic mass is 9.89. The lowest BCUT2D eigenvalue weighted by Gasteiger charge is -2.20. The van der Waals surface area contributed by atoms with Crippen LogP contribution in [0.5, 0.6) is 0 Å². The third kappa shape index (κ3) is 11.0. The summed E-state index contributed by atoms with van der Waals surface area (Å²) in [5.41, 5.74) is 2.37. The van der Waals surface area contributed by atoms with Gasteiger partial charge in [0.1, 0.15) is 0 Å². The van der Waals surface area contributed by atoms with Crippen molar-refractivity contribution in [3.63, 3.8) is 0 Å². The van der Waals surface area contributed by atoms with Crippen molar-refractivity contribution < 1.29 is 35.7 Å². The van der Waals surface area contributed by atoms with E-state index < -0.39 is 45.3 Å². The molecule has 0 bridgehead atoms. The van der Waals surface area contributed by atoms with E-state index in [0.29, 0.717) is 27.3 Å². The van der Waals surface area contributed by atoms with Crippen LogP contribution in [0.2, 0.25) is 5.02 Å². The molecule has 1 unspecified atom stereocenters. The number of amides is 2. The van der Waals surface area contributed by atoms with Gasteiger partial charge < -0.3 is 10.6 Å². The fourth-order valence-electron chi connectivity index (χ4n) is 5.22. The van der Waals surface area contributed by atoms with Gasteiger partial charge in [-0.2, -0.15) is 21.6 Å². The Labute approximate surface area is 295 Å². The van der Waals surface area contributed by atoms with Crippen LogP contribution in [0.1, 0.15) is 64.9 Å². The Bertz CT molecular complexity index is 1990. The predicted molar refractivity (Wildman–Crippen MR) is 192 cm³/mol. The van der Waals surface area contributed by atoms with Crippen LogP contribution in [-0.4, -0.2) is 37.1 Å². The van der Waals surface area contributed by atoms with E-state index in [4.69, 9.17) is 16.2 Å². The van der Waals surface area contributed by atoms with Crippen molar-refractivity contribution in [2.75, 3.05) is 17.6 Å². The van der Waals surface area contributed by atoms with Gasteiger partial charge in [-0.3, -0.25) is 14.1 Å². The number of nitrogens with one attached hydrogen (secondary N) is 2. The maximum absolute atomic E-state index is 14.3. The van der Waals surface area contributed by atoms with Crippen LogP contribution in [0.25, 0.3) is 17.2 Å². The molecule has 0 saturated carbocycles. The molecule has 0 aliphatic rings. The molecule has 3 N–H and O–H groups in total. The SMILES string of the molecule is Cc1cc(Cl)ccc1-c1ccc(NC(=O)C(Cc2ccc(C(=O)NCCS(=O)(=O)O)cc2)c2ccc(/C=C/C(C)(C)C)cc2)cc1C(F)(F)F. The Hall–Kier alpha value is -4.45. The van der Waals surface area contributed by atoms with Crippen LogP contribution in [0, 0.1) is 12.3 Å². The molecule has 1 atom stereocenters. The van der Waals surface area contributed by atoms with Crippen molar-refractivity contribution in [2.24, 2.45) is 5.41 Å². The molecule has 0 radical (unpaired) electrons. The molecule has 264 valence electrons. The summed E-state index contributed by atoms with van der Waals surface area (Å²) < 4.78 is 73.8. The van der Waals surface area contributed by atoms with Crippen molar-refractivity contribution >= 4 is 45.3 Å². The minimum Gasteiger partial charge on any atom is -0.351 e. The number of hydrogen-bond donors (Lipinski definition) is 3. The topological polar surface area (TPSA) is 113 Å². The summed E-state index contributed by atoms with van der Waals surface area (Å²) in [6, 6.07) is 22.0. The van der Waals surface area contributed by atoms with Crippen LogP contribution in [-0.2, 0) is 27.5 Å². The number of anilines is 1. The highest BCUT2D eigenvalue weighted by atomic mass is 35.5. The Kier molecular flexibility index (Phi) is 12.0. The molecule has 4 aromatic carbocycles. The molecule has 0 fully saturated rings. The minimum atomic E-state index is -4.71. The smallest absolute Gasteiger partial charge is 0.351 e. The summed E-state index contributed by atoms with van der Waals surface area (Å²) >= 11 is 6.03. The Morgan fingerprint density at radius 2 is 1.54 bits per heavy atom. The lowest BCUT2D eigenvalue weighted by molar-refractivity contribution is -0.137. The number of carbonyl (C=O) groups excluding carboxylic acids is 2. The van der Waals surface area contributed by atoms with E-state index >= 15 is 0 Å². The van der Waals surface area contributed by atoms with Crippen LogP contribution in [0.4, 0.5) is 18.9 Å². The number of halogens is 4. The molecule has 0 aromatic heterocycles. The van der Waals surface area contributed by atoms with E-state index in [-0.39, 0.29) is 35.2 Å². The molecule has 50 heavy (non-hydrogen) atoms. The summed E-state index contributed by atoms with van der Waals surface area (Å²) in [5, 5.41) is 5.51. The number of benzene rings is 4. The number of alkyl halides is 3. The summed E-state index contributed by atoms with van der Waals surface area (Å²) in [7, 11) is -4.24. The molecule has 0 saturated heterocycles. The first-order chi connectivity index (χ1) is 23.3. The van der Waals surface area contributed by atoms with E-state index in [2.05, 4.69) is 37.5 Å². The number of rotatable bonds is 11. The van der Waals surface area contributed by atoms with Crippen molar-refractivity contribution in [2.45, 2.75) is 46.2 Å². The van der Waals surface area contributed by atoms with Crippen molar-refractivity contribution in [3.8, 4) is 11.1 Å². The van der Waals surface area contributed by atoms with Crippen molar-refractivity contribution in [1.29, 1.82) is 0 Å². The molecule has 7 nitrogen and oxygen atoms in total. The molecule has 4 rings (SSSR count). The fraction of sp³-hybridized carbons (Fsp3) is 0.263. The number of aryl methyl sites for hydroxylation is 1. The van der Waals surface area contributed by atoms with Gasteiger partial charge in [-0.25, -0.2) is 0 Å². The van der Waals surface area contributed by atoms with E-state index in [1.54, 1.807) is 37.3 Å². The summed E-state index contributed by atoms with van der Waals surface area (Å²) in [4.78, 5) is 26.3. The normalized spacial score (nSPS) is 12.9. The molecule has 0 spiro atoms. The van der Waals surface area contributed by atoms with Gasteiger partial charge >= 0.3 is 6.18 Å². The van der Waals surface area contributed by atoms with Gasteiger partial charge in [0, 0.05) is 22.8 Å². The summed E-state index contributed by atoms with van der Waals surface area (Å²) in [5.74, 6) is -2.53. The maximum atomic E-state index is 14.3. The highest BCUT2D eigenvalue weighted by Crippen LogP contribution is 2.40. The second-order valence-electron chi connectivity index (χ2n) is 13.1. The van der Waals surface area contributed by atoms with Crippen LogP contribution in [0.3, 0.4) is 0 Å². The molecule has 4 aromatic rings. The zero-order valence-corrected chi connectivity index (χ0v) is 29.5. The molecule has 2 amide bonds. The largest absolute Gasteiger partial charge is 0.417 e. The van der Waals surface area contributed by atoms with Gasteiger partial charge in [-0.15, -0.1) is 0 Å². The fourth-order valence-corrected chi connectivity index (χ4v) is 5.81. The molecule has 0 aliphatic heterocycles. The monoisotopic (exact) mass is 726 g/mol. The van der Waals surface area contributed by atoms with Crippen LogP contribution in [0.15, 0.2) is 91.0 Å². The zero-order valence-electron chi connectivity index (χ0n) is 27.9. The summed E-state index contributed by atoms with van der Waals surface area (Å²) in [6.45, 7) is 7.60. The second-order valence-corrected chi connectivity index (χ2v) is 15.1. The van der Waals surface area contributed by atoms with Crippen molar-refractivity contribution in [3.05, 3.63) is 129 Å². The first-order valence-corrected chi connectivity index (χ1v) is 17.7. The lowest BCUT2D eigenvalue weighted by Crippen LogP contribution is -2.28. The van der Waals surface area contributed by atoms with Crippen LogP contribution >= 0.6 is 11.6 Å². The highest BCUT2D eigenvalue weighted by Gasteiger charge is 2.35. The first kappa shape index (κ1) is 38.4. The van der Waals surface area contributed by atoms with Crippen molar-refractivity contribution in [1.82, 2.24) is 5.32 Å². The first-order valence-electron chi connectivity index (χ1n) is 15.7. The van der Waals surface area contributed by atoms with E-state index in [0.717, 1.165) is 11.6 Å². The van der Waals surface area contributed by atoms with Gasteiger partial charge in [0.2, 0.25) is 5.91 Å². The third-order valence-electron chi connectivity index (χ3n) is 7.80. The average Bonchev–Trinajstić information content (AvgIpc) is 3.02. The Morgan fingerprint density at radius 3 is 2.12 bits per heavy atom. The number of allylic oxidation sites excluding steroid dienone is 1. The molecule has 0 heterocycles. The van der Waals surface area contributed by atoms with Gasteiger partial charge in [-0.1, -0.05) is 93.1 Å². The Balaban J connectivity index is 1.63. The number of hydrogen-bond acceptors (Lipinski definition) is 4. The maximum Gasteiger partial charge on any atom is 0.417 e. The van der Waals surface area contributed by atoms with Gasteiger partial charge in [0.05, 0.1) is 17.2 Å². The van der Waals surface area contributed by atoms with Gasteiger partial charge in [0.15, 0.2) is 0 Å². The van der Waals surface area contributed by atoms with Gasteiger partial charge in [-0.05, 0) is 88.5 Å². The van der Waals surface area contributed by atoms with E-state index in [1.165, 1.54) is 36.4 Å². The zero-order chi connectivity index (χ0) is 36.9. The minimum absolute atomic E-state index is 0.0238. The second kappa shape index (κ2) is 15.6. The summed E-state index contributed by atoms with van der Waals surface area (Å²) in [6.07, 6.45) is -0.526. The Morgan fingerprint density at radius 1 is 0.900 bits per heavy atom. The third-order valence-corrected chi connectivity index (χ3v) is 8.76. The van der Waals surface area contributed by atoms with E-state index in [9.17, 15) is 31.2 Å². The predicted octanol–water partition coefficient (Wildman–Crippen LogP) is 8.98. The average molecular weight is 727 g/mol.